The van der Waals surface area contributed by atoms with E-state index in [9.17, 15) is 9.18 Å². The van der Waals surface area contributed by atoms with Crippen LogP contribution in [0.15, 0.2) is 42.7 Å². The van der Waals surface area contributed by atoms with Crippen molar-refractivity contribution in [1.29, 1.82) is 0 Å². The number of aryl methyl sites for hydroxylation is 1. The lowest BCUT2D eigenvalue weighted by molar-refractivity contribution is 0.103. The molecule has 1 heterocycles. The van der Waals surface area contributed by atoms with E-state index >= 15 is 0 Å². The molecule has 2 rings (SSSR count). The molecule has 0 aliphatic rings. The molecule has 1 aromatic carbocycles. The molecule has 0 radical (unpaired) electrons. The Kier molecular flexibility index (Phi) is 3.28. The van der Waals surface area contributed by atoms with Gasteiger partial charge in [-0.1, -0.05) is 25.1 Å². The zero-order chi connectivity index (χ0) is 12.3. The van der Waals surface area contributed by atoms with Crippen LogP contribution < -0.4 is 0 Å². The Balaban J connectivity index is 2.40. The Labute approximate surface area is 99.1 Å². The number of hydrogen-bond acceptors (Lipinski definition) is 2. The lowest BCUT2D eigenvalue weighted by Crippen LogP contribution is -2.05. The van der Waals surface area contributed by atoms with Crippen LogP contribution in [0.2, 0.25) is 0 Å². The summed E-state index contributed by atoms with van der Waals surface area (Å²) in [6, 6.07) is 8.64. The number of rotatable bonds is 3. The third-order valence-corrected chi connectivity index (χ3v) is 2.61. The van der Waals surface area contributed by atoms with Crippen molar-refractivity contribution in [3.05, 3.63) is 65.2 Å². The molecule has 3 heteroatoms. The molecular weight excluding hydrogens is 217 g/mol. The molecule has 0 amide bonds. The highest BCUT2D eigenvalue weighted by Gasteiger charge is 2.13. The van der Waals surface area contributed by atoms with Crippen LogP contribution in [0.5, 0.6) is 0 Å². The van der Waals surface area contributed by atoms with Crippen LogP contribution in [-0.4, -0.2) is 10.8 Å². The van der Waals surface area contributed by atoms with Crippen LogP contribution in [-0.2, 0) is 6.42 Å². The first-order chi connectivity index (χ1) is 8.22. The molecule has 0 atom stereocenters. The number of hydrogen-bond donors (Lipinski definition) is 0. The Morgan fingerprint density at radius 1 is 1.35 bits per heavy atom. The Hall–Kier alpha value is -2.03. The van der Waals surface area contributed by atoms with Crippen molar-refractivity contribution >= 4 is 5.78 Å². The third kappa shape index (κ3) is 2.38. The van der Waals surface area contributed by atoms with Crippen LogP contribution >= 0.6 is 0 Å². The second-order valence-corrected chi connectivity index (χ2v) is 3.74. The summed E-state index contributed by atoms with van der Waals surface area (Å²) in [4.78, 5) is 15.7. The molecule has 0 saturated heterocycles. The molecule has 86 valence electrons. The van der Waals surface area contributed by atoms with Crippen LogP contribution in [0.1, 0.15) is 28.4 Å². The number of ketones is 1. The van der Waals surface area contributed by atoms with E-state index in [4.69, 9.17) is 0 Å². The van der Waals surface area contributed by atoms with Gasteiger partial charge >= 0.3 is 0 Å². The van der Waals surface area contributed by atoms with Crippen molar-refractivity contribution in [3.8, 4) is 0 Å². The average molecular weight is 229 g/mol. The first-order valence-corrected chi connectivity index (χ1v) is 5.45. The van der Waals surface area contributed by atoms with Gasteiger partial charge < -0.3 is 0 Å². The van der Waals surface area contributed by atoms with Gasteiger partial charge in [-0.05, 0) is 24.1 Å². The molecule has 0 spiro atoms. The van der Waals surface area contributed by atoms with Gasteiger partial charge in [-0.2, -0.15) is 0 Å². The molecule has 2 aromatic rings. The van der Waals surface area contributed by atoms with E-state index in [1.165, 1.54) is 12.3 Å². The minimum Gasteiger partial charge on any atom is -0.288 e. The molecule has 1 aromatic heterocycles. The molecular formula is C14H12FNO. The van der Waals surface area contributed by atoms with Crippen molar-refractivity contribution in [2.45, 2.75) is 13.3 Å². The topological polar surface area (TPSA) is 30.0 Å². The predicted molar refractivity (Wildman–Crippen MR) is 63.4 cm³/mol. The Morgan fingerprint density at radius 2 is 2.18 bits per heavy atom. The maximum absolute atomic E-state index is 13.4. The summed E-state index contributed by atoms with van der Waals surface area (Å²) in [6.45, 7) is 2.01. The summed E-state index contributed by atoms with van der Waals surface area (Å²) in [5, 5.41) is 0. The predicted octanol–water partition coefficient (Wildman–Crippen LogP) is 3.01. The van der Waals surface area contributed by atoms with Gasteiger partial charge in [-0.25, -0.2) is 4.39 Å². The first-order valence-electron chi connectivity index (χ1n) is 5.45. The van der Waals surface area contributed by atoms with Gasteiger partial charge in [0, 0.05) is 11.8 Å². The van der Waals surface area contributed by atoms with Gasteiger partial charge in [0.2, 0.25) is 0 Å². The van der Waals surface area contributed by atoms with E-state index in [-0.39, 0.29) is 11.3 Å². The van der Waals surface area contributed by atoms with Gasteiger partial charge in [0.1, 0.15) is 0 Å². The number of pyridine rings is 1. The minimum atomic E-state index is -0.584. The number of carbonyl (C=O) groups is 1. The number of benzene rings is 1. The van der Waals surface area contributed by atoms with Crippen LogP contribution in [0.25, 0.3) is 0 Å². The zero-order valence-corrected chi connectivity index (χ0v) is 9.48. The molecule has 0 saturated carbocycles. The van der Waals surface area contributed by atoms with E-state index in [0.717, 1.165) is 18.2 Å². The van der Waals surface area contributed by atoms with E-state index in [2.05, 4.69) is 4.98 Å². The van der Waals surface area contributed by atoms with Crippen molar-refractivity contribution < 1.29 is 9.18 Å². The maximum atomic E-state index is 13.4. The number of aromatic nitrogens is 1. The monoisotopic (exact) mass is 229 g/mol. The second-order valence-electron chi connectivity index (χ2n) is 3.74. The van der Waals surface area contributed by atoms with Gasteiger partial charge in [-0.15, -0.1) is 0 Å². The molecule has 0 fully saturated rings. The smallest absolute Gasteiger partial charge is 0.196 e. The SMILES string of the molecule is CCc1cccc(C(=O)c2ccncc2F)c1. The van der Waals surface area contributed by atoms with Crippen molar-refractivity contribution in [2.75, 3.05) is 0 Å². The van der Waals surface area contributed by atoms with Crippen molar-refractivity contribution in [1.82, 2.24) is 4.98 Å². The molecule has 0 unspecified atom stereocenters. The highest BCUT2D eigenvalue weighted by atomic mass is 19.1. The highest BCUT2D eigenvalue weighted by molar-refractivity contribution is 6.09. The van der Waals surface area contributed by atoms with E-state index in [1.807, 2.05) is 19.1 Å². The third-order valence-electron chi connectivity index (χ3n) is 2.61. The quantitative estimate of drug-likeness (QED) is 0.757. The van der Waals surface area contributed by atoms with Crippen LogP contribution in [0.3, 0.4) is 0 Å². The van der Waals surface area contributed by atoms with Crippen molar-refractivity contribution in [3.63, 3.8) is 0 Å². The summed E-state index contributed by atoms with van der Waals surface area (Å²) < 4.78 is 13.4. The van der Waals surface area contributed by atoms with Gasteiger partial charge in [0.25, 0.3) is 0 Å². The van der Waals surface area contributed by atoms with E-state index < -0.39 is 5.82 Å². The zero-order valence-electron chi connectivity index (χ0n) is 9.48. The van der Waals surface area contributed by atoms with Gasteiger partial charge in [0.05, 0.1) is 11.8 Å². The Bertz CT molecular complexity index is 551. The fraction of sp³-hybridized carbons (Fsp3) is 0.143. The summed E-state index contributed by atoms with van der Waals surface area (Å²) in [7, 11) is 0. The normalized spacial score (nSPS) is 10.2. The average Bonchev–Trinajstić information content (AvgIpc) is 2.38. The summed E-state index contributed by atoms with van der Waals surface area (Å²) >= 11 is 0. The number of carbonyl (C=O) groups excluding carboxylic acids is 1. The highest BCUT2D eigenvalue weighted by Crippen LogP contribution is 2.14. The molecule has 0 aliphatic heterocycles. The summed E-state index contributed by atoms with van der Waals surface area (Å²) in [5.41, 5.74) is 1.63. The fourth-order valence-electron chi connectivity index (χ4n) is 1.65. The lowest BCUT2D eigenvalue weighted by atomic mass is 10.0. The maximum Gasteiger partial charge on any atom is 0.196 e. The van der Waals surface area contributed by atoms with E-state index in [1.54, 1.807) is 12.1 Å². The Morgan fingerprint density at radius 3 is 2.88 bits per heavy atom. The summed E-state index contributed by atoms with van der Waals surface area (Å²) in [6.07, 6.45) is 3.32. The molecule has 0 N–H and O–H groups in total. The standard InChI is InChI=1S/C14H12FNO/c1-2-10-4-3-5-11(8-10)14(17)12-6-7-16-9-13(12)15/h3-9H,2H2,1H3. The largest absolute Gasteiger partial charge is 0.288 e. The number of halogens is 1. The molecule has 0 aliphatic carbocycles. The molecule has 2 nitrogen and oxygen atoms in total. The van der Waals surface area contributed by atoms with Crippen LogP contribution in [0.4, 0.5) is 4.39 Å². The van der Waals surface area contributed by atoms with Crippen LogP contribution in [0, 0.1) is 5.82 Å². The first kappa shape index (κ1) is 11.5. The van der Waals surface area contributed by atoms with Gasteiger partial charge in [-0.3, -0.25) is 9.78 Å². The molecule has 17 heavy (non-hydrogen) atoms. The van der Waals surface area contributed by atoms with Gasteiger partial charge in [0.15, 0.2) is 11.6 Å². The lowest BCUT2D eigenvalue weighted by Gasteiger charge is -2.04. The minimum absolute atomic E-state index is 0.0632. The second kappa shape index (κ2) is 4.87. The fourth-order valence-corrected chi connectivity index (χ4v) is 1.65. The van der Waals surface area contributed by atoms with Crippen molar-refractivity contribution in [2.24, 2.45) is 0 Å². The molecule has 0 bridgehead atoms. The number of nitrogens with zero attached hydrogens (tertiary/aromatic N) is 1. The summed E-state index contributed by atoms with van der Waals surface area (Å²) in [5.74, 6) is -0.889. The van der Waals surface area contributed by atoms with E-state index in [0.29, 0.717) is 5.56 Å².